The summed E-state index contributed by atoms with van der Waals surface area (Å²) in [6.07, 6.45) is 6.96. The highest BCUT2D eigenvalue weighted by Crippen LogP contribution is 2.37. The molecule has 0 aliphatic rings. The summed E-state index contributed by atoms with van der Waals surface area (Å²) in [5.41, 5.74) is 1.77. The molecule has 1 unspecified atom stereocenters. The topological polar surface area (TPSA) is 21.3 Å². The van der Waals surface area contributed by atoms with Crippen LogP contribution < -0.4 is 5.32 Å². The first-order valence-electron chi connectivity index (χ1n) is 7.53. The average molecular weight is 293 g/mol. The van der Waals surface area contributed by atoms with Gasteiger partial charge < -0.3 is 10.1 Å². The lowest BCUT2D eigenvalue weighted by Gasteiger charge is -2.36. The molecule has 2 aromatic carbocycles. The molecule has 0 saturated carbocycles. The van der Waals surface area contributed by atoms with E-state index in [2.05, 4.69) is 35.5 Å². The van der Waals surface area contributed by atoms with E-state index in [0.29, 0.717) is 6.42 Å². The monoisotopic (exact) mass is 293 g/mol. The normalized spacial score (nSPS) is 12.6. The molecule has 22 heavy (non-hydrogen) atoms. The summed E-state index contributed by atoms with van der Waals surface area (Å²) in [4.78, 5) is 0. The van der Waals surface area contributed by atoms with Gasteiger partial charge in [-0.05, 0) is 18.2 Å². The van der Waals surface area contributed by atoms with Crippen LogP contribution >= 0.6 is 0 Å². The van der Waals surface area contributed by atoms with Crippen LogP contribution in [0.25, 0.3) is 0 Å². The van der Waals surface area contributed by atoms with Crippen molar-refractivity contribution >= 4 is 0 Å². The molecule has 114 valence electrons. The minimum atomic E-state index is -0.507. The van der Waals surface area contributed by atoms with Gasteiger partial charge in [0.15, 0.2) is 0 Å². The standard InChI is InChI=1S/C20H23NO/c1-4-11-19(21-2)16-20(22-3,17-12-7-5-8-13-17)18-14-9-6-10-15-18/h1,5-10,12-15,19,21H,11,16H2,2-3H3. The summed E-state index contributed by atoms with van der Waals surface area (Å²) in [7, 11) is 3.71. The Morgan fingerprint density at radius 1 is 1.05 bits per heavy atom. The van der Waals surface area contributed by atoms with Crippen molar-refractivity contribution in [2.45, 2.75) is 24.5 Å². The quantitative estimate of drug-likeness (QED) is 0.788. The van der Waals surface area contributed by atoms with E-state index in [4.69, 9.17) is 11.2 Å². The Hall–Kier alpha value is -2.08. The minimum absolute atomic E-state index is 0.186. The zero-order chi connectivity index (χ0) is 15.8. The van der Waals surface area contributed by atoms with Crippen LogP contribution in [-0.4, -0.2) is 20.2 Å². The molecule has 0 bridgehead atoms. The summed E-state index contributed by atoms with van der Waals surface area (Å²) < 4.78 is 6.08. The van der Waals surface area contributed by atoms with Crippen LogP contribution in [0.1, 0.15) is 24.0 Å². The van der Waals surface area contributed by atoms with Crippen molar-refractivity contribution in [3.8, 4) is 12.3 Å². The van der Waals surface area contributed by atoms with Gasteiger partial charge in [0.1, 0.15) is 5.60 Å². The second-order valence-corrected chi connectivity index (χ2v) is 5.36. The van der Waals surface area contributed by atoms with Gasteiger partial charge in [0.05, 0.1) is 0 Å². The molecule has 0 saturated heterocycles. The summed E-state index contributed by atoms with van der Waals surface area (Å²) in [6.45, 7) is 0. The molecule has 2 aromatic rings. The lowest BCUT2D eigenvalue weighted by Crippen LogP contribution is -2.39. The van der Waals surface area contributed by atoms with E-state index in [1.807, 2.05) is 43.4 Å². The molecule has 2 nitrogen and oxygen atoms in total. The molecule has 0 heterocycles. The van der Waals surface area contributed by atoms with Gasteiger partial charge in [-0.3, -0.25) is 0 Å². The second-order valence-electron chi connectivity index (χ2n) is 5.36. The van der Waals surface area contributed by atoms with E-state index in [-0.39, 0.29) is 6.04 Å². The number of ether oxygens (including phenoxy) is 1. The SMILES string of the molecule is C#CCC(CC(OC)(c1ccccc1)c1ccccc1)NC. The maximum atomic E-state index is 6.08. The van der Waals surface area contributed by atoms with Crippen molar-refractivity contribution < 1.29 is 4.74 Å². The number of hydrogen-bond donors (Lipinski definition) is 1. The average Bonchev–Trinajstić information content (AvgIpc) is 2.60. The van der Waals surface area contributed by atoms with Crippen LogP contribution in [0.15, 0.2) is 60.7 Å². The molecule has 0 aliphatic carbocycles. The van der Waals surface area contributed by atoms with Crippen molar-refractivity contribution in [2.24, 2.45) is 0 Å². The Morgan fingerprint density at radius 3 is 1.91 bits per heavy atom. The molecular formula is C20H23NO. The minimum Gasteiger partial charge on any atom is -0.369 e. The van der Waals surface area contributed by atoms with Crippen LogP contribution in [0.4, 0.5) is 0 Å². The number of nitrogens with one attached hydrogen (secondary N) is 1. The molecule has 0 aromatic heterocycles. The number of hydrogen-bond acceptors (Lipinski definition) is 2. The van der Waals surface area contributed by atoms with Crippen LogP contribution in [0, 0.1) is 12.3 Å². The molecule has 0 amide bonds. The van der Waals surface area contributed by atoms with E-state index in [1.165, 1.54) is 0 Å². The smallest absolute Gasteiger partial charge is 0.119 e. The van der Waals surface area contributed by atoms with Crippen molar-refractivity contribution in [3.05, 3.63) is 71.8 Å². The maximum Gasteiger partial charge on any atom is 0.119 e. The summed E-state index contributed by atoms with van der Waals surface area (Å²) >= 11 is 0. The fourth-order valence-corrected chi connectivity index (χ4v) is 2.90. The van der Waals surface area contributed by atoms with Crippen molar-refractivity contribution in [1.29, 1.82) is 0 Å². The highest BCUT2D eigenvalue weighted by Gasteiger charge is 2.36. The van der Waals surface area contributed by atoms with Gasteiger partial charge in [-0.15, -0.1) is 12.3 Å². The highest BCUT2D eigenvalue weighted by atomic mass is 16.5. The van der Waals surface area contributed by atoms with Crippen LogP contribution in [0.2, 0.25) is 0 Å². The number of benzene rings is 2. The summed E-state index contributed by atoms with van der Waals surface area (Å²) in [5.74, 6) is 2.75. The second kappa shape index (κ2) is 7.79. The first kappa shape index (κ1) is 16.3. The number of rotatable bonds is 7. The molecule has 2 heteroatoms. The molecule has 1 atom stereocenters. The molecule has 1 N–H and O–H groups in total. The number of methoxy groups -OCH3 is 1. The Morgan fingerprint density at radius 2 is 1.55 bits per heavy atom. The van der Waals surface area contributed by atoms with Crippen molar-refractivity contribution in [1.82, 2.24) is 5.32 Å². The van der Waals surface area contributed by atoms with E-state index in [1.54, 1.807) is 7.11 Å². The van der Waals surface area contributed by atoms with E-state index < -0.39 is 5.60 Å². The summed E-state index contributed by atoms with van der Waals surface area (Å²) in [6, 6.07) is 20.8. The maximum absolute atomic E-state index is 6.08. The lowest BCUT2D eigenvalue weighted by atomic mass is 9.80. The van der Waals surface area contributed by atoms with E-state index >= 15 is 0 Å². The van der Waals surface area contributed by atoms with Gasteiger partial charge >= 0.3 is 0 Å². The van der Waals surface area contributed by atoms with E-state index in [9.17, 15) is 0 Å². The first-order chi connectivity index (χ1) is 10.8. The molecule has 0 radical (unpaired) electrons. The van der Waals surface area contributed by atoms with Crippen LogP contribution in [-0.2, 0) is 10.3 Å². The van der Waals surface area contributed by atoms with Gasteiger partial charge in [0.2, 0.25) is 0 Å². The predicted molar refractivity (Wildman–Crippen MR) is 91.6 cm³/mol. The molecular weight excluding hydrogens is 270 g/mol. The predicted octanol–water partition coefficient (Wildman–Crippen LogP) is 3.58. The Kier molecular flexibility index (Phi) is 5.77. The van der Waals surface area contributed by atoms with Crippen molar-refractivity contribution in [2.75, 3.05) is 14.2 Å². The van der Waals surface area contributed by atoms with Gasteiger partial charge in [0.25, 0.3) is 0 Å². The Labute approximate surface area is 133 Å². The van der Waals surface area contributed by atoms with Gasteiger partial charge in [0, 0.05) is 26.0 Å². The Bertz CT molecular complexity index is 561. The number of terminal acetylenes is 1. The summed E-state index contributed by atoms with van der Waals surface area (Å²) in [5, 5.41) is 3.31. The lowest BCUT2D eigenvalue weighted by molar-refractivity contribution is 0.00682. The van der Waals surface area contributed by atoms with Crippen LogP contribution in [0.5, 0.6) is 0 Å². The Balaban J connectivity index is 2.50. The largest absolute Gasteiger partial charge is 0.369 e. The molecule has 2 rings (SSSR count). The fraction of sp³-hybridized carbons (Fsp3) is 0.300. The highest BCUT2D eigenvalue weighted by molar-refractivity contribution is 5.36. The van der Waals surface area contributed by atoms with Gasteiger partial charge in [-0.25, -0.2) is 0 Å². The third kappa shape index (κ3) is 3.39. The van der Waals surface area contributed by atoms with Crippen LogP contribution in [0.3, 0.4) is 0 Å². The van der Waals surface area contributed by atoms with E-state index in [0.717, 1.165) is 17.5 Å². The molecule has 0 aliphatic heterocycles. The first-order valence-corrected chi connectivity index (χ1v) is 7.53. The van der Waals surface area contributed by atoms with Crippen molar-refractivity contribution in [3.63, 3.8) is 0 Å². The van der Waals surface area contributed by atoms with Gasteiger partial charge in [-0.1, -0.05) is 60.7 Å². The molecule has 0 spiro atoms. The molecule has 0 fully saturated rings. The third-order valence-corrected chi connectivity index (χ3v) is 4.14. The fourth-order valence-electron chi connectivity index (χ4n) is 2.90. The third-order valence-electron chi connectivity index (χ3n) is 4.14. The zero-order valence-electron chi connectivity index (χ0n) is 13.3. The van der Waals surface area contributed by atoms with Gasteiger partial charge in [-0.2, -0.15) is 0 Å². The zero-order valence-corrected chi connectivity index (χ0v) is 13.3.